The zero-order valence-electron chi connectivity index (χ0n) is 9.48. The Labute approximate surface area is 105 Å². The average molecular weight is 298 g/mol. The van der Waals surface area contributed by atoms with E-state index in [2.05, 4.69) is 4.72 Å². The van der Waals surface area contributed by atoms with Gasteiger partial charge in [0.25, 0.3) is 9.05 Å². The summed E-state index contributed by atoms with van der Waals surface area (Å²) in [6, 6.07) is 2.84. The van der Waals surface area contributed by atoms with Crippen molar-refractivity contribution in [1.29, 1.82) is 0 Å². The Balaban J connectivity index is 3.39. The van der Waals surface area contributed by atoms with Crippen LogP contribution in [-0.4, -0.2) is 23.1 Å². The molecule has 0 aliphatic carbocycles. The van der Waals surface area contributed by atoms with Crippen molar-refractivity contribution in [2.75, 3.05) is 11.0 Å². The topological polar surface area (TPSA) is 80.3 Å². The second kappa shape index (κ2) is 4.47. The third kappa shape index (κ3) is 3.86. The van der Waals surface area contributed by atoms with Gasteiger partial charge in [-0.05, 0) is 37.1 Å². The minimum absolute atomic E-state index is 0.0122. The molecule has 0 radical (unpaired) electrons. The third-order valence-electron chi connectivity index (χ3n) is 2.01. The fourth-order valence-corrected chi connectivity index (χ4v) is 3.77. The number of aryl methyl sites for hydroxylation is 2. The Hall–Kier alpha value is -0.790. The van der Waals surface area contributed by atoms with Crippen molar-refractivity contribution < 1.29 is 16.8 Å². The molecule has 0 fully saturated rings. The van der Waals surface area contributed by atoms with E-state index in [0.717, 1.165) is 6.26 Å². The highest BCUT2D eigenvalue weighted by Crippen LogP contribution is 2.27. The predicted molar refractivity (Wildman–Crippen MR) is 67.4 cm³/mol. The molecule has 0 spiro atoms. The molecular weight excluding hydrogens is 286 g/mol. The summed E-state index contributed by atoms with van der Waals surface area (Å²) in [5, 5.41) is 0. The predicted octanol–water partition coefficient (Wildman–Crippen LogP) is 1.60. The fourth-order valence-electron chi connectivity index (χ4n) is 1.61. The highest BCUT2D eigenvalue weighted by Gasteiger charge is 2.18. The van der Waals surface area contributed by atoms with E-state index in [9.17, 15) is 16.8 Å². The first kappa shape index (κ1) is 14.3. The van der Waals surface area contributed by atoms with Gasteiger partial charge < -0.3 is 0 Å². The molecule has 0 aromatic heterocycles. The molecule has 1 rings (SSSR count). The molecule has 0 heterocycles. The lowest BCUT2D eigenvalue weighted by Crippen LogP contribution is -2.10. The minimum atomic E-state index is -3.83. The lowest BCUT2D eigenvalue weighted by atomic mass is 10.1. The van der Waals surface area contributed by atoms with Crippen LogP contribution in [0.5, 0.6) is 0 Å². The summed E-state index contributed by atoms with van der Waals surface area (Å²) < 4.78 is 47.0. The lowest BCUT2D eigenvalue weighted by molar-refractivity contribution is 0.606. The van der Waals surface area contributed by atoms with E-state index in [4.69, 9.17) is 10.7 Å². The lowest BCUT2D eigenvalue weighted by Gasteiger charge is -2.10. The van der Waals surface area contributed by atoms with E-state index in [-0.39, 0.29) is 4.90 Å². The molecule has 0 saturated heterocycles. The molecule has 0 amide bonds. The molecule has 1 aromatic rings. The Morgan fingerprint density at radius 1 is 1.06 bits per heavy atom. The smallest absolute Gasteiger partial charge is 0.261 e. The summed E-state index contributed by atoms with van der Waals surface area (Å²) in [7, 11) is -1.93. The number of anilines is 1. The van der Waals surface area contributed by atoms with Crippen molar-refractivity contribution in [3.8, 4) is 0 Å². The quantitative estimate of drug-likeness (QED) is 0.859. The van der Waals surface area contributed by atoms with Crippen LogP contribution in [0.3, 0.4) is 0 Å². The van der Waals surface area contributed by atoms with Crippen LogP contribution in [-0.2, 0) is 19.1 Å². The third-order valence-corrected chi connectivity index (χ3v) is 4.21. The maximum atomic E-state index is 11.3. The molecule has 1 aromatic carbocycles. The van der Waals surface area contributed by atoms with Crippen molar-refractivity contribution in [1.82, 2.24) is 0 Å². The largest absolute Gasteiger partial charge is 0.284 e. The zero-order valence-corrected chi connectivity index (χ0v) is 11.9. The first-order valence-corrected chi connectivity index (χ1v) is 8.74. The molecule has 0 bridgehead atoms. The Morgan fingerprint density at radius 3 is 1.76 bits per heavy atom. The van der Waals surface area contributed by atoms with E-state index in [1.54, 1.807) is 13.8 Å². The van der Waals surface area contributed by atoms with E-state index in [1.807, 2.05) is 0 Å². The first-order chi connectivity index (χ1) is 7.50. The molecule has 0 unspecified atom stereocenters. The van der Waals surface area contributed by atoms with Crippen LogP contribution in [0.15, 0.2) is 17.0 Å². The van der Waals surface area contributed by atoms with E-state index in [0.29, 0.717) is 16.8 Å². The normalized spacial score (nSPS) is 12.5. The van der Waals surface area contributed by atoms with Crippen molar-refractivity contribution in [2.24, 2.45) is 0 Å². The monoisotopic (exact) mass is 297 g/mol. The molecular formula is C9H12ClNO4S2. The SMILES string of the molecule is Cc1cc(NS(C)(=O)=O)cc(C)c1S(=O)(=O)Cl. The molecule has 17 heavy (non-hydrogen) atoms. The highest BCUT2D eigenvalue weighted by molar-refractivity contribution is 8.13. The molecule has 5 nitrogen and oxygen atoms in total. The van der Waals surface area contributed by atoms with Crippen molar-refractivity contribution in [3.63, 3.8) is 0 Å². The number of hydrogen-bond donors (Lipinski definition) is 1. The van der Waals surface area contributed by atoms with Gasteiger partial charge in [-0.25, -0.2) is 16.8 Å². The molecule has 1 N–H and O–H groups in total. The maximum absolute atomic E-state index is 11.3. The van der Waals surface area contributed by atoms with Crippen LogP contribution in [0.4, 0.5) is 5.69 Å². The van der Waals surface area contributed by atoms with Gasteiger partial charge in [-0.3, -0.25) is 4.72 Å². The maximum Gasteiger partial charge on any atom is 0.261 e. The second-order valence-electron chi connectivity index (χ2n) is 3.75. The van der Waals surface area contributed by atoms with Crippen LogP contribution in [0.1, 0.15) is 11.1 Å². The van der Waals surface area contributed by atoms with Gasteiger partial charge in [0, 0.05) is 16.4 Å². The van der Waals surface area contributed by atoms with Gasteiger partial charge >= 0.3 is 0 Å². The van der Waals surface area contributed by atoms with Crippen LogP contribution in [0.2, 0.25) is 0 Å². The number of halogens is 1. The Kier molecular flexibility index (Phi) is 3.75. The molecule has 96 valence electrons. The van der Waals surface area contributed by atoms with Gasteiger partial charge in [0.15, 0.2) is 0 Å². The zero-order chi connectivity index (χ0) is 13.4. The van der Waals surface area contributed by atoms with Gasteiger partial charge in [0.1, 0.15) is 0 Å². The number of hydrogen-bond acceptors (Lipinski definition) is 4. The van der Waals surface area contributed by atoms with Crippen LogP contribution in [0, 0.1) is 13.8 Å². The highest BCUT2D eigenvalue weighted by atomic mass is 35.7. The summed E-state index contributed by atoms with van der Waals surface area (Å²) in [5.41, 5.74) is 1.10. The first-order valence-electron chi connectivity index (χ1n) is 4.54. The summed E-state index contributed by atoms with van der Waals surface area (Å²) in [5.74, 6) is 0. The van der Waals surface area contributed by atoms with Gasteiger partial charge in [0.05, 0.1) is 11.2 Å². The number of rotatable bonds is 3. The molecule has 0 aliphatic rings. The van der Waals surface area contributed by atoms with E-state index in [1.165, 1.54) is 12.1 Å². The molecule has 0 saturated carbocycles. The minimum Gasteiger partial charge on any atom is -0.284 e. The van der Waals surface area contributed by atoms with Gasteiger partial charge in [0.2, 0.25) is 10.0 Å². The van der Waals surface area contributed by atoms with E-state index < -0.39 is 19.1 Å². The van der Waals surface area contributed by atoms with Crippen LogP contribution >= 0.6 is 10.7 Å². The summed E-state index contributed by atoms with van der Waals surface area (Å²) in [6.45, 7) is 3.10. The van der Waals surface area contributed by atoms with Crippen molar-refractivity contribution >= 4 is 35.4 Å². The van der Waals surface area contributed by atoms with Gasteiger partial charge in [-0.1, -0.05) is 0 Å². The van der Waals surface area contributed by atoms with Crippen molar-refractivity contribution in [2.45, 2.75) is 18.7 Å². The summed E-state index contributed by atoms with van der Waals surface area (Å²) in [4.78, 5) is 0.0122. The molecule has 0 aliphatic heterocycles. The number of nitrogens with one attached hydrogen (secondary N) is 1. The molecule has 8 heteroatoms. The number of benzene rings is 1. The van der Waals surface area contributed by atoms with E-state index >= 15 is 0 Å². The molecule has 0 atom stereocenters. The fraction of sp³-hybridized carbons (Fsp3) is 0.333. The summed E-state index contributed by atoms with van der Waals surface area (Å²) in [6.07, 6.45) is 1.02. The summed E-state index contributed by atoms with van der Waals surface area (Å²) >= 11 is 0. The average Bonchev–Trinajstić information content (AvgIpc) is 1.94. The standard InChI is InChI=1S/C9H12ClNO4S2/c1-6-4-8(11-16(3,12)13)5-7(2)9(6)17(10,14)15/h4-5,11H,1-3H3. The van der Waals surface area contributed by atoms with Gasteiger partial charge in [-0.15, -0.1) is 0 Å². The number of sulfonamides is 1. The van der Waals surface area contributed by atoms with Crippen LogP contribution < -0.4 is 4.72 Å². The van der Waals surface area contributed by atoms with Gasteiger partial charge in [-0.2, -0.15) is 0 Å². The Morgan fingerprint density at radius 2 is 1.47 bits per heavy atom. The van der Waals surface area contributed by atoms with Crippen molar-refractivity contribution in [3.05, 3.63) is 23.3 Å². The Bertz CT molecular complexity index is 627. The van der Waals surface area contributed by atoms with Crippen LogP contribution in [0.25, 0.3) is 0 Å². The second-order valence-corrected chi connectivity index (χ2v) is 8.00.